The van der Waals surface area contributed by atoms with Gasteiger partial charge in [0.1, 0.15) is 5.69 Å². The number of aromatic nitrogens is 2. The molecule has 0 bridgehead atoms. The maximum atomic E-state index is 12.1. The minimum absolute atomic E-state index is 0.100. The Morgan fingerprint density at radius 3 is 2.43 bits per heavy atom. The molecule has 5 heteroatoms. The molecule has 1 aromatic carbocycles. The van der Waals surface area contributed by atoms with Gasteiger partial charge in [-0.05, 0) is 82.7 Å². The van der Waals surface area contributed by atoms with Crippen molar-refractivity contribution in [2.75, 3.05) is 19.6 Å². The van der Waals surface area contributed by atoms with Crippen molar-refractivity contribution < 1.29 is 4.79 Å². The van der Waals surface area contributed by atoms with Crippen LogP contribution in [0.1, 0.15) is 55.2 Å². The average molecular weight is 383 g/mol. The number of carbonyl (C=O) groups excluding carboxylic acids is 1. The number of hydrogen-bond donors (Lipinski definition) is 1. The summed E-state index contributed by atoms with van der Waals surface area (Å²) in [6.45, 7) is 10.5. The lowest BCUT2D eigenvalue weighted by atomic mass is 9.89. The molecule has 1 aliphatic heterocycles. The van der Waals surface area contributed by atoms with Crippen molar-refractivity contribution in [2.45, 2.75) is 59.0 Å². The largest absolute Gasteiger partial charge is 0.350 e. The lowest BCUT2D eigenvalue weighted by Crippen LogP contribution is -2.38. The van der Waals surface area contributed by atoms with Gasteiger partial charge in [-0.25, -0.2) is 0 Å². The van der Waals surface area contributed by atoms with Crippen LogP contribution >= 0.6 is 0 Å². The maximum absolute atomic E-state index is 12.1. The van der Waals surface area contributed by atoms with E-state index in [-0.39, 0.29) is 5.91 Å². The molecule has 0 saturated carbocycles. The van der Waals surface area contributed by atoms with Crippen LogP contribution in [0.25, 0.3) is 0 Å². The van der Waals surface area contributed by atoms with Crippen LogP contribution in [0.3, 0.4) is 0 Å². The molecule has 1 amide bonds. The summed E-state index contributed by atoms with van der Waals surface area (Å²) in [5, 5.41) is 7.20. The van der Waals surface area contributed by atoms with E-state index in [0.717, 1.165) is 18.9 Å². The van der Waals surface area contributed by atoms with E-state index in [1.807, 2.05) is 13.1 Å². The van der Waals surface area contributed by atoms with Crippen molar-refractivity contribution >= 4 is 5.91 Å². The number of likely N-dealkylation sites (tertiary alicyclic amines) is 1. The Bertz CT molecular complexity index is 742. The molecular formula is C23H34N4O. The lowest BCUT2D eigenvalue weighted by molar-refractivity contribution is 0.0948. The molecule has 2 heterocycles. The third kappa shape index (κ3) is 5.68. The summed E-state index contributed by atoms with van der Waals surface area (Å²) in [5.41, 5.74) is 3.18. The summed E-state index contributed by atoms with van der Waals surface area (Å²) < 4.78 is 1.76. The molecule has 0 atom stereocenters. The van der Waals surface area contributed by atoms with Crippen molar-refractivity contribution in [3.63, 3.8) is 0 Å². The Morgan fingerprint density at radius 1 is 1.14 bits per heavy atom. The highest BCUT2D eigenvalue weighted by atomic mass is 16.1. The summed E-state index contributed by atoms with van der Waals surface area (Å²) in [7, 11) is 0. The van der Waals surface area contributed by atoms with Crippen molar-refractivity contribution in [3.8, 4) is 0 Å². The Morgan fingerprint density at radius 2 is 1.82 bits per heavy atom. The second kappa shape index (κ2) is 9.87. The number of nitrogens with zero attached hydrogens (tertiary/aromatic N) is 3. The van der Waals surface area contributed by atoms with E-state index in [0.29, 0.717) is 18.3 Å². The smallest absolute Gasteiger partial charge is 0.271 e. The third-order valence-electron chi connectivity index (χ3n) is 5.82. The van der Waals surface area contributed by atoms with Crippen LogP contribution in [0.5, 0.6) is 0 Å². The fraction of sp³-hybridized carbons (Fsp3) is 0.565. The van der Waals surface area contributed by atoms with Gasteiger partial charge in [0, 0.05) is 25.3 Å². The van der Waals surface area contributed by atoms with E-state index >= 15 is 0 Å². The molecule has 3 rings (SSSR count). The minimum atomic E-state index is -0.100. The van der Waals surface area contributed by atoms with E-state index in [1.165, 1.54) is 43.5 Å². The van der Waals surface area contributed by atoms with Crippen LogP contribution in [0.15, 0.2) is 36.5 Å². The predicted molar refractivity (Wildman–Crippen MR) is 114 cm³/mol. The van der Waals surface area contributed by atoms with Crippen LogP contribution in [0.2, 0.25) is 0 Å². The number of hydrogen-bond acceptors (Lipinski definition) is 3. The normalized spacial score (nSPS) is 15.9. The first-order valence-electron chi connectivity index (χ1n) is 10.7. The van der Waals surface area contributed by atoms with Crippen LogP contribution in [0, 0.1) is 5.92 Å². The highest BCUT2D eigenvalue weighted by molar-refractivity contribution is 5.92. The first kappa shape index (κ1) is 20.6. The molecule has 152 valence electrons. The summed E-state index contributed by atoms with van der Waals surface area (Å²) in [6.07, 6.45) is 6.47. The van der Waals surface area contributed by atoms with Gasteiger partial charge in [-0.15, -0.1) is 0 Å². The summed E-state index contributed by atoms with van der Waals surface area (Å²) in [6, 6.07) is 11.4. The molecule has 5 nitrogen and oxygen atoms in total. The SMILES string of the molecule is CCn1ccc(C(=O)NCCc2ccc(CC3CCN(C(C)C)CC3)cc2)n1. The molecular weight excluding hydrogens is 348 g/mol. The number of piperidine rings is 1. The van der Waals surface area contributed by atoms with Gasteiger partial charge in [0.05, 0.1) is 0 Å². The number of rotatable bonds is 8. The van der Waals surface area contributed by atoms with E-state index in [2.05, 4.69) is 53.4 Å². The first-order chi connectivity index (χ1) is 13.5. The molecule has 1 aromatic heterocycles. The van der Waals surface area contributed by atoms with Gasteiger partial charge >= 0.3 is 0 Å². The van der Waals surface area contributed by atoms with Gasteiger partial charge in [-0.1, -0.05) is 24.3 Å². The molecule has 1 fully saturated rings. The van der Waals surface area contributed by atoms with Crippen LogP contribution < -0.4 is 5.32 Å². The predicted octanol–water partition coefficient (Wildman–Crippen LogP) is 3.54. The number of aryl methyl sites for hydroxylation is 1. The van der Waals surface area contributed by atoms with E-state index in [1.54, 1.807) is 10.7 Å². The van der Waals surface area contributed by atoms with Crippen molar-refractivity contribution in [2.24, 2.45) is 5.92 Å². The van der Waals surface area contributed by atoms with Gasteiger partial charge in [0.15, 0.2) is 0 Å². The van der Waals surface area contributed by atoms with Crippen molar-refractivity contribution in [1.29, 1.82) is 0 Å². The highest BCUT2D eigenvalue weighted by Gasteiger charge is 2.20. The summed E-state index contributed by atoms with van der Waals surface area (Å²) in [4.78, 5) is 14.7. The quantitative estimate of drug-likeness (QED) is 0.760. The summed E-state index contributed by atoms with van der Waals surface area (Å²) in [5.74, 6) is 0.708. The zero-order chi connectivity index (χ0) is 19.9. The molecule has 1 saturated heterocycles. The van der Waals surface area contributed by atoms with Gasteiger partial charge < -0.3 is 10.2 Å². The van der Waals surface area contributed by atoms with Crippen molar-refractivity contribution in [3.05, 3.63) is 53.3 Å². The molecule has 1 N–H and O–H groups in total. The molecule has 28 heavy (non-hydrogen) atoms. The van der Waals surface area contributed by atoms with Gasteiger partial charge in [0.2, 0.25) is 0 Å². The molecule has 0 spiro atoms. The van der Waals surface area contributed by atoms with Gasteiger partial charge in [0.25, 0.3) is 5.91 Å². The molecule has 2 aromatic rings. The Balaban J connectivity index is 1.40. The highest BCUT2D eigenvalue weighted by Crippen LogP contribution is 2.23. The molecule has 1 aliphatic rings. The van der Waals surface area contributed by atoms with Gasteiger partial charge in [-0.2, -0.15) is 5.10 Å². The van der Waals surface area contributed by atoms with Crippen LogP contribution in [-0.4, -0.2) is 46.3 Å². The summed E-state index contributed by atoms with van der Waals surface area (Å²) >= 11 is 0. The van der Waals surface area contributed by atoms with E-state index < -0.39 is 0 Å². The van der Waals surface area contributed by atoms with Crippen molar-refractivity contribution in [1.82, 2.24) is 20.0 Å². The number of benzene rings is 1. The van der Waals surface area contributed by atoms with Gasteiger partial charge in [-0.3, -0.25) is 9.48 Å². The van der Waals surface area contributed by atoms with E-state index in [4.69, 9.17) is 0 Å². The fourth-order valence-electron chi connectivity index (χ4n) is 3.92. The third-order valence-corrected chi connectivity index (χ3v) is 5.82. The van der Waals surface area contributed by atoms with Crippen LogP contribution in [0.4, 0.5) is 0 Å². The monoisotopic (exact) mass is 382 g/mol. The minimum Gasteiger partial charge on any atom is -0.350 e. The number of nitrogens with one attached hydrogen (secondary N) is 1. The number of carbonyl (C=O) groups is 1. The zero-order valence-electron chi connectivity index (χ0n) is 17.5. The zero-order valence-corrected chi connectivity index (χ0v) is 17.5. The average Bonchev–Trinajstić information content (AvgIpc) is 3.19. The first-order valence-corrected chi connectivity index (χ1v) is 10.7. The second-order valence-corrected chi connectivity index (χ2v) is 8.16. The molecule has 0 unspecified atom stereocenters. The lowest BCUT2D eigenvalue weighted by Gasteiger charge is -2.34. The Hall–Kier alpha value is -2.14. The Kier molecular flexibility index (Phi) is 7.26. The second-order valence-electron chi connectivity index (χ2n) is 8.16. The standard InChI is InChI=1S/C23H34N4O/c1-4-27-16-12-22(25-27)23(28)24-13-9-19-5-7-20(8-6-19)17-21-10-14-26(15-11-21)18(2)3/h5-8,12,16,18,21H,4,9-11,13-15,17H2,1-3H3,(H,24,28). The maximum Gasteiger partial charge on any atom is 0.271 e. The molecule has 0 aliphatic carbocycles. The number of amides is 1. The van der Waals surface area contributed by atoms with Crippen LogP contribution in [-0.2, 0) is 19.4 Å². The fourth-order valence-corrected chi connectivity index (χ4v) is 3.92. The van der Waals surface area contributed by atoms with E-state index in [9.17, 15) is 4.79 Å². The molecule has 0 radical (unpaired) electrons. The topological polar surface area (TPSA) is 50.2 Å². The Labute approximate surface area is 169 Å².